The molecule has 0 spiro atoms. The predicted octanol–water partition coefficient (Wildman–Crippen LogP) is 14.3. The first-order chi connectivity index (χ1) is 58.4. The van der Waals surface area contributed by atoms with Crippen LogP contribution in [0.3, 0.4) is 0 Å². The second kappa shape index (κ2) is 38.0. The standard InChI is InChI=1S/C32H31F3N6O.C30H26F3N5O2.C29H28F3N7O/c1-3-40-13-15-41(16-14-40)20-25-10-11-26(18-28(25)32(33,34)35)39-31(42)23-7-6-21(2)22(17-23)8-9-24-19-38-30(36)29-27(24)5-4-12-37-29;1-19-4-5-21(15-20(19)6-7-22-17-36-28(34)27-25(22)3-2-10-35-27)29(39)37-24-9-8-23(26(16-24)30(31,32)33)18-38-11-13-40-14-12-38;1-37-11-13-39(14-12-37)18-20-7-9-21(15-25(20)29(30,31)32)35-28(40)26-16-22(38(2)36-26)10-8-19-17-34-27(33)24-6-4-3-5-23(19)24/h4-7,10-12,17-19H,3,13-16,20H2,1-2H3,(H2,36,38)(H,39,42);2-5,8-10,15-17H,11-14,18H2,1H3,(H2,34,36)(H,37,39);3-7,9,15-17H,11-14,18H2,1-2H3,(H2,33,34)(H,35,40). The van der Waals surface area contributed by atoms with Gasteiger partial charge in [-0.15, -0.1) is 0 Å². The van der Waals surface area contributed by atoms with Gasteiger partial charge in [0.15, 0.2) is 5.69 Å². The van der Waals surface area contributed by atoms with Crippen molar-refractivity contribution in [2.75, 3.05) is 125 Å². The van der Waals surface area contributed by atoms with Crippen LogP contribution in [0.25, 0.3) is 32.6 Å². The van der Waals surface area contributed by atoms with Crippen molar-refractivity contribution in [3.05, 3.63) is 271 Å². The normalized spacial score (nSPS) is 14.3. The molecule has 0 radical (unpaired) electrons. The molecule has 3 fully saturated rings. The number of hydrogen-bond acceptors (Lipinski definition) is 18. The number of nitrogens with one attached hydrogen (secondary N) is 3. The molecule has 31 heteroatoms. The number of nitrogen functional groups attached to an aromatic ring is 3. The number of nitrogens with two attached hydrogens (primary N) is 3. The molecule has 3 saturated heterocycles. The van der Waals surface area contributed by atoms with Gasteiger partial charge in [-0.3, -0.25) is 43.7 Å². The maximum absolute atomic E-state index is 14.0. The Balaban J connectivity index is 0.000000158. The number of pyridine rings is 5. The zero-order chi connectivity index (χ0) is 86.6. The van der Waals surface area contributed by atoms with E-state index in [-0.39, 0.29) is 70.2 Å². The van der Waals surface area contributed by atoms with Gasteiger partial charge in [0.1, 0.15) is 34.2 Å². The summed E-state index contributed by atoms with van der Waals surface area (Å²) < 4.78 is 132. The Hall–Kier alpha value is -13.3. The van der Waals surface area contributed by atoms with E-state index in [0.29, 0.717) is 114 Å². The number of likely N-dealkylation sites (N-methyl/N-ethyl adjacent to an activating group) is 2. The Morgan fingerprint density at radius 1 is 0.418 bits per heavy atom. The number of alkyl halides is 9. The maximum atomic E-state index is 14.0. The summed E-state index contributed by atoms with van der Waals surface area (Å²) in [5, 5.41) is 15.1. The number of piperazine rings is 2. The second-order valence-electron chi connectivity index (χ2n) is 29.5. The molecule has 15 rings (SSSR count). The van der Waals surface area contributed by atoms with E-state index in [1.165, 1.54) is 47.1 Å². The van der Waals surface area contributed by atoms with E-state index in [9.17, 15) is 53.9 Å². The Labute approximate surface area is 697 Å². The summed E-state index contributed by atoms with van der Waals surface area (Å²) in [6, 6.07) is 38.0. The van der Waals surface area contributed by atoms with E-state index in [1.807, 2.05) is 72.0 Å². The van der Waals surface area contributed by atoms with Gasteiger partial charge in [0.2, 0.25) is 0 Å². The first-order valence-corrected chi connectivity index (χ1v) is 39.0. The second-order valence-corrected chi connectivity index (χ2v) is 29.5. The molecular formula is C91H85F9N18O4. The van der Waals surface area contributed by atoms with Crippen molar-refractivity contribution in [2.24, 2.45) is 7.05 Å². The number of rotatable bonds is 13. The lowest BCUT2D eigenvalue weighted by Gasteiger charge is -2.34. The van der Waals surface area contributed by atoms with Gasteiger partial charge < -0.3 is 47.7 Å². The number of aryl methyl sites for hydroxylation is 3. The number of carbonyl (C=O) groups is 3. The minimum absolute atomic E-state index is 0.0298. The molecule has 0 bridgehead atoms. The van der Waals surface area contributed by atoms with E-state index < -0.39 is 52.9 Å². The van der Waals surface area contributed by atoms with Crippen molar-refractivity contribution in [1.82, 2.24) is 59.2 Å². The smallest absolute Gasteiger partial charge is 0.383 e. The first-order valence-electron chi connectivity index (χ1n) is 39.0. The Morgan fingerprint density at radius 2 is 0.803 bits per heavy atom. The molecule has 0 saturated carbocycles. The number of fused-ring (bicyclic) bond motifs is 3. The summed E-state index contributed by atoms with van der Waals surface area (Å²) in [5.74, 6) is 17.7. The number of amides is 3. The monoisotopic (exact) mass is 1660 g/mol. The summed E-state index contributed by atoms with van der Waals surface area (Å²) in [6.07, 6.45) is -5.69. The van der Waals surface area contributed by atoms with Gasteiger partial charge in [0.05, 0.1) is 46.6 Å². The summed E-state index contributed by atoms with van der Waals surface area (Å²) in [5.41, 5.74) is 23.2. The Kier molecular flexibility index (Phi) is 26.9. The highest BCUT2D eigenvalue weighted by Crippen LogP contribution is 2.39. The lowest BCUT2D eigenvalue weighted by atomic mass is 10.0. The average molecular weight is 1670 g/mol. The molecule has 9 heterocycles. The topological polar surface area (TPSA) is 273 Å². The molecule has 0 unspecified atom stereocenters. The highest BCUT2D eigenvalue weighted by molar-refractivity contribution is 6.06. The fourth-order valence-electron chi connectivity index (χ4n) is 14.1. The third-order valence-corrected chi connectivity index (χ3v) is 21.1. The molecule has 6 aromatic heterocycles. The van der Waals surface area contributed by atoms with E-state index >= 15 is 0 Å². The zero-order valence-electron chi connectivity index (χ0n) is 67.2. The van der Waals surface area contributed by atoms with Crippen molar-refractivity contribution < 1.29 is 58.6 Å². The number of ether oxygens (including phenoxy) is 1. The third kappa shape index (κ3) is 21.6. The minimum atomic E-state index is -4.56. The summed E-state index contributed by atoms with van der Waals surface area (Å²) in [7, 11) is 3.63. The molecule has 9 N–H and O–H groups in total. The molecule has 12 aromatic rings. The van der Waals surface area contributed by atoms with Crippen LogP contribution in [0.15, 0.2) is 177 Å². The minimum Gasteiger partial charge on any atom is -0.383 e. The molecule has 3 aliphatic heterocycles. The van der Waals surface area contributed by atoms with Gasteiger partial charge >= 0.3 is 18.5 Å². The molecule has 3 amide bonds. The van der Waals surface area contributed by atoms with E-state index in [0.717, 1.165) is 83.6 Å². The van der Waals surface area contributed by atoms with Crippen LogP contribution >= 0.6 is 0 Å². The van der Waals surface area contributed by atoms with Crippen molar-refractivity contribution in [1.29, 1.82) is 0 Å². The van der Waals surface area contributed by atoms with E-state index in [4.69, 9.17) is 21.9 Å². The number of hydrogen-bond donors (Lipinski definition) is 6. The number of anilines is 6. The van der Waals surface area contributed by atoms with Gasteiger partial charge in [0, 0.05) is 190 Å². The van der Waals surface area contributed by atoms with Crippen molar-refractivity contribution in [3.63, 3.8) is 0 Å². The summed E-state index contributed by atoms with van der Waals surface area (Å²) >= 11 is 0. The van der Waals surface area contributed by atoms with Crippen LogP contribution in [0.5, 0.6) is 0 Å². The van der Waals surface area contributed by atoms with Crippen LogP contribution in [0.4, 0.5) is 74.0 Å². The van der Waals surface area contributed by atoms with Crippen LogP contribution < -0.4 is 33.2 Å². The Morgan fingerprint density at radius 3 is 1.25 bits per heavy atom. The zero-order valence-corrected chi connectivity index (χ0v) is 67.2. The maximum Gasteiger partial charge on any atom is 0.416 e. The first kappa shape index (κ1) is 86.5. The van der Waals surface area contributed by atoms with Crippen molar-refractivity contribution in [2.45, 2.75) is 58.9 Å². The van der Waals surface area contributed by atoms with Gasteiger partial charge in [-0.2, -0.15) is 44.6 Å². The molecule has 6 aromatic carbocycles. The lowest BCUT2D eigenvalue weighted by molar-refractivity contribution is -0.139. The van der Waals surface area contributed by atoms with Crippen molar-refractivity contribution in [3.8, 4) is 35.5 Å². The number of nitrogens with zero attached hydrogens (tertiary/aromatic N) is 12. The van der Waals surface area contributed by atoms with Crippen LogP contribution in [-0.2, 0) is 49.9 Å². The fourth-order valence-corrected chi connectivity index (χ4v) is 14.1. The predicted molar refractivity (Wildman–Crippen MR) is 452 cm³/mol. The number of benzene rings is 6. The van der Waals surface area contributed by atoms with Crippen LogP contribution in [0, 0.1) is 49.4 Å². The number of halogens is 9. The fraction of sp³-hybridized carbons (Fsp3) is 0.264. The summed E-state index contributed by atoms with van der Waals surface area (Å²) in [6.45, 7) is 15.5. The quantitative estimate of drug-likeness (QED) is 0.0462. The molecule has 0 aliphatic carbocycles. The van der Waals surface area contributed by atoms with Crippen LogP contribution in [0.2, 0.25) is 0 Å². The number of aromatic nitrogens is 7. The van der Waals surface area contributed by atoms with Gasteiger partial charge in [-0.05, 0) is 146 Å². The van der Waals surface area contributed by atoms with Gasteiger partial charge in [-0.25, -0.2) is 15.0 Å². The van der Waals surface area contributed by atoms with E-state index in [1.54, 1.807) is 86.6 Å². The highest BCUT2D eigenvalue weighted by Gasteiger charge is 2.38. The number of carbonyl (C=O) groups excluding carboxylic acids is 3. The SMILES string of the molecule is CCN1CCN(Cc2ccc(NC(=O)c3ccc(C)c(C#Cc4cnc(N)c5ncccc45)c3)cc2C(F)(F)F)CC1.CN1CCN(Cc2ccc(NC(=O)c3cc(C#Cc4cnc(N)c5ccccc45)n(C)n3)cc2C(F)(F)F)CC1.Cc1ccc(C(=O)Nc2ccc(CN3CCOCC3)c(C(F)(F)F)c2)cc1C#Cc1cnc(N)c2ncccc12. The highest BCUT2D eigenvalue weighted by atomic mass is 19.4. The molecular weight excluding hydrogens is 1580 g/mol. The van der Waals surface area contributed by atoms with Crippen LogP contribution in [0.1, 0.15) is 116 Å². The Bertz CT molecular complexity index is 6120. The molecule has 626 valence electrons. The summed E-state index contributed by atoms with van der Waals surface area (Å²) in [4.78, 5) is 70.5. The third-order valence-electron chi connectivity index (χ3n) is 21.1. The van der Waals surface area contributed by atoms with Crippen LogP contribution in [-0.4, -0.2) is 169 Å². The molecule has 22 nitrogen and oxygen atoms in total. The molecule has 0 atom stereocenters. The van der Waals surface area contributed by atoms with Gasteiger partial charge in [0.25, 0.3) is 17.7 Å². The average Bonchev–Trinajstić information content (AvgIpc) is 0.999. The van der Waals surface area contributed by atoms with E-state index in [2.05, 4.69) is 98.2 Å². The largest absolute Gasteiger partial charge is 0.416 e. The molecule has 3 aliphatic rings. The lowest BCUT2D eigenvalue weighted by Crippen LogP contribution is -2.45. The van der Waals surface area contributed by atoms with Crippen molar-refractivity contribution >= 4 is 84.8 Å². The number of morpholine rings is 1. The molecule has 122 heavy (non-hydrogen) atoms. The van der Waals surface area contributed by atoms with Gasteiger partial charge in [-0.1, -0.05) is 91.1 Å².